The van der Waals surface area contributed by atoms with Crippen LogP contribution in [0.2, 0.25) is 0 Å². The maximum Gasteiger partial charge on any atom is 0.527 e. The van der Waals surface area contributed by atoms with Gasteiger partial charge in [0.05, 0.1) is 0 Å². The highest BCUT2D eigenvalue weighted by atomic mass is 19.4. The molecule has 0 aromatic carbocycles. The summed E-state index contributed by atoms with van der Waals surface area (Å²) in [6.45, 7) is 0. The van der Waals surface area contributed by atoms with Crippen molar-refractivity contribution in [1.82, 2.24) is 0 Å². The van der Waals surface area contributed by atoms with Crippen molar-refractivity contribution in [2.45, 2.75) is 30.7 Å². The average Bonchev–Trinajstić information content (AvgIpc) is 2.21. The second-order valence-corrected chi connectivity index (χ2v) is 3.34. The zero-order valence-corrected chi connectivity index (χ0v) is 9.61. The fourth-order valence-corrected chi connectivity index (χ4v) is 0.712. The monoisotopic (exact) mass is 382 g/mol. The maximum absolute atomic E-state index is 12.6. The van der Waals surface area contributed by atoms with Crippen molar-refractivity contribution in [3.05, 3.63) is 11.8 Å². The van der Waals surface area contributed by atoms with Gasteiger partial charge in [0.15, 0.2) is 0 Å². The lowest BCUT2D eigenvalue weighted by molar-refractivity contribution is -0.505. The van der Waals surface area contributed by atoms with Crippen LogP contribution in [0.5, 0.6) is 0 Å². The number of rotatable bonds is 5. The molecule has 0 spiro atoms. The van der Waals surface area contributed by atoms with Gasteiger partial charge in [-0.3, -0.25) is 0 Å². The van der Waals surface area contributed by atoms with E-state index < -0.39 is 42.5 Å². The fourth-order valence-electron chi connectivity index (χ4n) is 0.712. The van der Waals surface area contributed by atoms with Gasteiger partial charge >= 0.3 is 36.7 Å². The van der Waals surface area contributed by atoms with Crippen molar-refractivity contribution in [2.24, 2.45) is 0 Å². The summed E-state index contributed by atoms with van der Waals surface area (Å²) in [6, 6.07) is -4.12. The van der Waals surface area contributed by atoms with Gasteiger partial charge in [0, 0.05) is 0 Å². The van der Waals surface area contributed by atoms with Crippen LogP contribution in [0.25, 0.3) is 0 Å². The van der Waals surface area contributed by atoms with E-state index in [2.05, 4.69) is 0 Å². The Balaban J connectivity index is 5.65. The molecular weight excluding hydrogens is 382 g/mol. The highest BCUT2D eigenvalue weighted by Crippen LogP contribution is 2.50. The van der Waals surface area contributed by atoms with Crippen LogP contribution in [-0.4, -0.2) is 30.7 Å². The lowest BCUT2D eigenvalue weighted by Crippen LogP contribution is -2.57. The molecule has 0 amide bonds. The number of allylic oxidation sites excluding steroid dienone is 1. The van der Waals surface area contributed by atoms with Crippen LogP contribution in [0.1, 0.15) is 0 Å². The van der Waals surface area contributed by atoms with E-state index in [9.17, 15) is 61.5 Å². The molecule has 0 aromatic heterocycles. The Bertz CT molecular complexity index is 457. The average molecular weight is 382 g/mol. The molecule has 0 aliphatic carbocycles. The number of alkyl halides is 12. The predicted octanol–water partition coefficient (Wildman–Crippen LogP) is 5.03. The van der Waals surface area contributed by atoms with E-state index in [-0.39, 0.29) is 0 Å². The van der Waals surface area contributed by atoms with Crippen LogP contribution in [0.3, 0.4) is 0 Å². The molecule has 0 unspecified atom stereocenters. The third kappa shape index (κ3) is 5.00. The smallest absolute Gasteiger partial charge is 0.399 e. The van der Waals surface area contributed by atoms with Crippen LogP contribution in [-0.2, 0) is 9.47 Å². The second kappa shape index (κ2) is 5.86. The summed E-state index contributed by atoms with van der Waals surface area (Å²) in [4.78, 5) is 0. The molecule has 0 rings (SSSR count). The first-order valence-electron chi connectivity index (χ1n) is 4.46. The van der Waals surface area contributed by atoms with Crippen LogP contribution in [0.15, 0.2) is 11.8 Å². The first-order valence-corrected chi connectivity index (χ1v) is 4.46. The van der Waals surface area contributed by atoms with Gasteiger partial charge < -0.3 is 4.74 Å². The lowest BCUT2D eigenvalue weighted by Gasteiger charge is -2.31. The van der Waals surface area contributed by atoms with Gasteiger partial charge in [-0.05, 0) is 0 Å². The minimum atomic E-state index is -7.35. The third-order valence-corrected chi connectivity index (χ3v) is 1.61. The van der Waals surface area contributed by atoms with Gasteiger partial charge in [0.25, 0.3) is 5.83 Å². The minimum absolute atomic E-state index is 1.39. The fraction of sp³-hybridized carbons (Fsp3) is 0.714. The van der Waals surface area contributed by atoms with Crippen LogP contribution in [0.4, 0.5) is 61.5 Å². The Morgan fingerprint density at radius 2 is 1.00 bits per heavy atom. The third-order valence-electron chi connectivity index (χ3n) is 1.61. The molecule has 2 nitrogen and oxygen atoms in total. The standard InChI is InChI=1S/C7F14O2/c8-1(3(10,11)12)2(9)22-5(15,16)4(13,14)6(17,18)23-7(19,20)21. The molecule has 0 atom stereocenters. The van der Waals surface area contributed by atoms with E-state index in [4.69, 9.17) is 0 Å². The predicted molar refractivity (Wildman–Crippen MR) is 38.4 cm³/mol. The molecule has 0 aromatic rings. The van der Waals surface area contributed by atoms with Gasteiger partial charge in [-0.1, -0.05) is 0 Å². The number of hydrogen-bond donors (Lipinski definition) is 0. The highest BCUT2D eigenvalue weighted by Gasteiger charge is 2.78. The SMILES string of the molecule is FC(OC(F)(F)C(F)(F)C(F)(F)OC(F)(F)F)=C(F)C(F)(F)F. The summed E-state index contributed by atoms with van der Waals surface area (Å²) >= 11 is 0. The van der Waals surface area contributed by atoms with Crippen molar-refractivity contribution >= 4 is 0 Å². The van der Waals surface area contributed by atoms with E-state index in [0.29, 0.717) is 0 Å². The van der Waals surface area contributed by atoms with Crippen molar-refractivity contribution in [3.63, 3.8) is 0 Å². The Morgan fingerprint density at radius 3 is 1.30 bits per heavy atom. The summed E-state index contributed by atoms with van der Waals surface area (Å²) < 4.78 is 171. The molecule has 0 aliphatic rings. The lowest BCUT2D eigenvalue weighted by atomic mass is 10.3. The minimum Gasteiger partial charge on any atom is -0.399 e. The molecule has 0 fully saturated rings. The topological polar surface area (TPSA) is 18.5 Å². The van der Waals surface area contributed by atoms with E-state index in [0.717, 1.165) is 0 Å². The van der Waals surface area contributed by atoms with Crippen molar-refractivity contribution in [2.75, 3.05) is 0 Å². The molecular formula is C7F14O2. The summed E-state index contributed by atoms with van der Waals surface area (Å²) in [5, 5.41) is 0. The molecule has 0 bridgehead atoms. The van der Waals surface area contributed by atoms with Crippen molar-refractivity contribution in [3.8, 4) is 0 Å². The first-order chi connectivity index (χ1) is 9.75. The van der Waals surface area contributed by atoms with Crippen molar-refractivity contribution < 1.29 is 70.9 Å². The van der Waals surface area contributed by atoms with Crippen LogP contribution < -0.4 is 0 Å². The second-order valence-electron chi connectivity index (χ2n) is 3.34. The maximum atomic E-state index is 12.6. The van der Waals surface area contributed by atoms with Gasteiger partial charge in [-0.25, -0.2) is 4.74 Å². The van der Waals surface area contributed by atoms with E-state index in [1.54, 1.807) is 4.74 Å². The quantitative estimate of drug-likeness (QED) is 0.491. The van der Waals surface area contributed by atoms with Gasteiger partial charge in [0.1, 0.15) is 0 Å². The first kappa shape index (κ1) is 21.5. The number of halogens is 14. The van der Waals surface area contributed by atoms with E-state index in [1.807, 2.05) is 0 Å². The highest BCUT2D eigenvalue weighted by molar-refractivity contribution is 5.01. The van der Waals surface area contributed by atoms with Crippen LogP contribution in [0, 0.1) is 0 Å². The van der Waals surface area contributed by atoms with Crippen molar-refractivity contribution in [1.29, 1.82) is 0 Å². The van der Waals surface area contributed by atoms with Gasteiger partial charge in [-0.2, -0.15) is 48.3 Å². The molecule has 0 radical (unpaired) electrons. The molecule has 16 heteroatoms. The molecule has 0 heterocycles. The molecule has 0 saturated heterocycles. The molecule has 0 saturated carbocycles. The summed E-state index contributed by atoms with van der Waals surface area (Å²) in [5.41, 5.74) is 0. The van der Waals surface area contributed by atoms with Gasteiger partial charge in [0.2, 0.25) is 0 Å². The number of hydrogen-bond acceptors (Lipinski definition) is 2. The normalized spacial score (nSPS) is 16.3. The van der Waals surface area contributed by atoms with Crippen LogP contribution >= 0.6 is 0 Å². The van der Waals surface area contributed by atoms with E-state index in [1.165, 1.54) is 4.74 Å². The summed E-state index contributed by atoms with van der Waals surface area (Å²) in [6.07, 6.45) is -27.1. The Labute approximate surface area is 115 Å². The Kier molecular flexibility index (Phi) is 5.49. The molecule has 0 N–H and O–H groups in total. The van der Waals surface area contributed by atoms with Gasteiger partial charge in [-0.15, -0.1) is 13.2 Å². The van der Waals surface area contributed by atoms with E-state index >= 15 is 0 Å². The number of ether oxygens (including phenoxy) is 2. The Hall–Kier alpha value is -1.48. The summed E-state index contributed by atoms with van der Waals surface area (Å²) in [7, 11) is 0. The molecule has 0 aliphatic heterocycles. The zero-order valence-electron chi connectivity index (χ0n) is 9.61. The molecule has 23 heavy (non-hydrogen) atoms. The summed E-state index contributed by atoms with van der Waals surface area (Å²) in [5.74, 6) is -11.5. The largest absolute Gasteiger partial charge is 0.527 e. The Morgan fingerprint density at radius 1 is 0.609 bits per heavy atom. The molecule has 138 valence electrons. The zero-order chi connectivity index (χ0) is 19.1.